The van der Waals surface area contributed by atoms with Crippen molar-refractivity contribution in [2.75, 3.05) is 0 Å². The Bertz CT molecular complexity index is 391. The molecule has 0 radical (unpaired) electrons. The Balaban J connectivity index is 1.91. The molecule has 0 spiro atoms. The van der Waals surface area contributed by atoms with E-state index < -0.39 is 16.3 Å². The Morgan fingerprint density at radius 3 is 2.29 bits per heavy atom. The van der Waals surface area contributed by atoms with Crippen LogP contribution in [0.15, 0.2) is 0 Å². The van der Waals surface area contributed by atoms with Gasteiger partial charge in [0.05, 0.1) is 6.07 Å². The Kier molecular flexibility index (Phi) is 4.02. The zero-order chi connectivity index (χ0) is 12.3. The lowest BCUT2D eigenvalue weighted by Crippen LogP contribution is -2.46. The minimum atomic E-state index is -3.50. The van der Waals surface area contributed by atoms with Gasteiger partial charge in [0.15, 0.2) is 0 Å². The molecule has 0 saturated heterocycles. The highest BCUT2D eigenvalue weighted by Crippen LogP contribution is 2.26. The standard InChI is InChI=1S/C11H19N3O2S/c12-8-11(9-4-2-1-3-5-9)14-17(15,16)13-10-6-7-10/h9-11,13-14H,1-7H2. The van der Waals surface area contributed by atoms with Crippen LogP contribution in [0.2, 0.25) is 0 Å². The fraction of sp³-hybridized carbons (Fsp3) is 0.909. The molecule has 2 aliphatic carbocycles. The molecule has 0 aliphatic heterocycles. The van der Waals surface area contributed by atoms with Crippen molar-refractivity contribution in [1.29, 1.82) is 5.26 Å². The van der Waals surface area contributed by atoms with Crippen molar-refractivity contribution >= 4 is 10.2 Å². The Labute approximate surface area is 103 Å². The van der Waals surface area contributed by atoms with Crippen molar-refractivity contribution in [2.24, 2.45) is 5.92 Å². The van der Waals surface area contributed by atoms with Gasteiger partial charge in [0, 0.05) is 6.04 Å². The monoisotopic (exact) mass is 257 g/mol. The Morgan fingerprint density at radius 2 is 1.76 bits per heavy atom. The number of nitriles is 1. The van der Waals surface area contributed by atoms with Crippen molar-refractivity contribution in [2.45, 2.75) is 57.0 Å². The van der Waals surface area contributed by atoms with Crippen molar-refractivity contribution < 1.29 is 8.42 Å². The van der Waals surface area contributed by atoms with Crippen molar-refractivity contribution in [3.63, 3.8) is 0 Å². The molecule has 17 heavy (non-hydrogen) atoms. The molecule has 0 aromatic heterocycles. The second-order valence-electron chi connectivity index (χ2n) is 5.02. The first-order valence-electron chi connectivity index (χ1n) is 6.30. The lowest BCUT2D eigenvalue weighted by molar-refractivity contribution is 0.323. The summed E-state index contributed by atoms with van der Waals surface area (Å²) >= 11 is 0. The van der Waals surface area contributed by atoms with Crippen LogP contribution < -0.4 is 9.44 Å². The van der Waals surface area contributed by atoms with Crippen LogP contribution in [0.3, 0.4) is 0 Å². The summed E-state index contributed by atoms with van der Waals surface area (Å²) in [5.74, 6) is 0.171. The second-order valence-corrected chi connectivity index (χ2v) is 6.50. The highest BCUT2D eigenvalue weighted by atomic mass is 32.2. The highest BCUT2D eigenvalue weighted by molar-refractivity contribution is 7.87. The van der Waals surface area contributed by atoms with Gasteiger partial charge in [-0.3, -0.25) is 0 Å². The molecule has 2 saturated carbocycles. The third kappa shape index (κ3) is 3.95. The normalized spacial score (nSPS) is 24.2. The van der Waals surface area contributed by atoms with E-state index in [0.29, 0.717) is 0 Å². The van der Waals surface area contributed by atoms with E-state index >= 15 is 0 Å². The lowest BCUT2D eigenvalue weighted by Gasteiger charge is -2.26. The smallest absolute Gasteiger partial charge is 0.199 e. The van der Waals surface area contributed by atoms with E-state index in [2.05, 4.69) is 15.5 Å². The first kappa shape index (κ1) is 12.8. The molecule has 1 atom stereocenters. The summed E-state index contributed by atoms with van der Waals surface area (Å²) in [6.45, 7) is 0. The number of hydrogen-bond donors (Lipinski definition) is 2. The predicted molar refractivity (Wildman–Crippen MR) is 64.2 cm³/mol. The topological polar surface area (TPSA) is 82.0 Å². The van der Waals surface area contributed by atoms with Gasteiger partial charge < -0.3 is 0 Å². The molecule has 96 valence electrons. The molecular weight excluding hydrogens is 238 g/mol. The van der Waals surface area contributed by atoms with Crippen LogP contribution in [0.25, 0.3) is 0 Å². The number of hydrogen-bond acceptors (Lipinski definition) is 3. The number of nitrogens with zero attached hydrogens (tertiary/aromatic N) is 1. The van der Waals surface area contributed by atoms with Crippen LogP contribution in [0, 0.1) is 17.2 Å². The average molecular weight is 257 g/mol. The van der Waals surface area contributed by atoms with Gasteiger partial charge in [0.2, 0.25) is 0 Å². The van der Waals surface area contributed by atoms with Crippen LogP contribution in [-0.4, -0.2) is 20.5 Å². The maximum atomic E-state index is 11.7. The maximum Gasteiger partial charge on any atom is 0.278 e. The summed E-state index contributed by atoms with van der Waals surface area (Å²) in [4.78, 5) is 0. The van der Waals surface area contributed by atoms with Gasteiger partial charge in [-0.05, 0) is 31.6 Å². The highest BCUT2D eigenvalue weighted by Gasteiger charge is 2.31. The molecule has 0 aromatic carbocycles. The van der Waals surface area contributed by atoms with Crippen LogP contribution in [0.1, 0.15) is 44.9 Å². The van der Waals surface area contributed by atoms with E-state index in [1.807, 2.05) is 0 Å². The van der Waals surface area contributed by atoms with Gasteiger partial charge in [-0.25, -0.2) is 0 Å². The molecule has 1 unspecified atom stereocenters. The van der Waals surface area contributed by atoms with Crippen LogP contribution in [-0.2, 0) is 10.2 Å². The summed E-state index contributed by atoms with van der Waals surface area (Å²) in [5, 5.41) is 9.09. The third-order valence-corrected chi connectivity index (χ3v) is 4.65. The van der Waals surface area contributed by atoms with Crippen LogP contribution in [0.4, 0.5) is 0 Å². The summed E-state index contributed by atoms with van der Waals surface area (Å²) in [7, 11) is -3.50. The third-order valence-electron chi connectivity index (χ3n) is 3.44. The van der Waals surface area contributed by atoms with Gasteiger partial charge in [-0.15, -0.1) is 0 Å². The molecule has 0 heterocycles. The van der Waals surface area contributed by atoms with Crippen LogP contribution >= 0.6 is 0 Å². The number of rotatable bonds is 5. The zero-order valence-electron chi connectivity index (χ0n) is 9.85. The number of nitrogens with one attached hydrogen (secondary N) is 2. The first-order chi connectivity index (χ1) is 8.11. The van der Waals surface area contributed by atoms with E-state index in [1.54, 1.807) is 0 Å². The average Bonchev–Trinajstić information content (AvgIpc) is 3.10. The molecule has 2 rings (SSSR count). The van der Waals surface area contributed by atoms with E-state index in [0.717, 1.165) is 38.5 Å². The molecule has 0 bridgehead atoms. The van der Waals surface area contributed by atoms with Gasteiger partial charge in [-0.2, -0.15) is 23.1 Å². The first-order valence-corrected chi connectivity index (χ1v) is 7.78. The van der Waals surface area contributed by atoms with Crippen molar-refractivity contribution in [3.8, 4) is 6.07 Å². The molecule has 0 aromatic rings. The van der Waals surface area contributed by atoms with Gasteiger partial charge in [0.1, 0.15) is 6.04 Å². The Morgan fingerprint density at radius 1 is 1.12 bits per heavy atom. The van der Waals surface area contributed by atoms with Crippen molar-refractivity contribution in [1.82, 2.24) is 9.44 Å². The minimum absolute atomic E-state index is 0.0817. The van der Waals surface area contributed by atoms with E-state index in [-0.39, 0.29) is 12.0 Å². The van der Waals surface area contributed by atoms with Gasteiger partial charge in [0.25, 0.3) is 10.2 Å². The molecule has 2 fully saturated rings. The maximum absolute atomic E-state index is 11.7. The van der Waals surface area contributed by atoms with Gasteiger partial charge in [-0.1, -0.05) is 19.3 Å². The minimum Gasteiger partial charge on any atom is -0.199 e. The predicted octanol–water partition coefficient (Wildman–Crippen LogP) is 1.05. The van der Waals surface area contributed by atoms with E-state index in [1.165, 1.54) is 6.42 Å². The summed E-state index contributed by atoms with van der Waals surface area (Å²) in [6, 6.07) is 1.60. The fourth-order valence-electron chi connectivity index (χ4n) is 2.32. The summed E-state index contributed by atoms with van der Waals surface area (Å²) in [6.07, 6.45) is 7.10. The fourth-order valence-corrected chi connectivity index (χ4v) is 3.64. The Hall–Kier alpha value is -0.640. The van der Waals surface area contributed by atoms with Crippen molar-refractivity contribution in [3.05, 3.63) is 0 Å². The zero-order valence-corrected chi connectivity index (χ0v) is 10.7. The molecule has 2 N–H and O–H groups in total. The SMILES string of the molecule is N#CC(NS(=O)(=O)NC1CC1)C1CCCCC1. The largest absolute Gasteiger partial charge is 0.278 e. The molecular formula is C11H19N3O2S. The lowest BCUT2D eigenvalue weighted by atomic mass is 9.85. The summed E-state index contributed by atoms with van der Waals surface area (Å²) < 4.78 is 28.5. The molecule has 2 aliphatic rings. The van der Waals surface area contributed by atoms with E-state index in [4.69, 9.17) is 5.26 Å². The quantitative estimate of drug-likeness (QED) is 0.772. The van der Waals surface area contributed by atoms with Crippen LogP contribution in [0.5, 0.6) is 0 Å². The second kappa shape index (κ2) is 5.34. The van der Waals surface area contributed by atoms with Gasteiger partial charge >= 0.3 is 0 Å². The molecule has 5 nitrogen and oxygen atoms in total. The molecule has 0 amide bonds. The summed E-state index contributed by atoms with van der Waals surface area (Å²) in [5.41, 5.74) is 0. The molecule has 6 heteroatoms. The van der Waals surface area contributed by atoms with E-state index in [9.17, 15) is 8.42 Å².